The average Bonchev–Trinajstić information content (AvgIpc) is 2.55. The molecule has 0 heterocycles. The number of nitrogens with zero attached hydrogens (tertiary/aromatic N) is 1. The van der Waals surface area contributed by atoms with Gasteiger partial charge in [0, 0.05) is 18.7 Å². The summed E-state index contributed by atoms with van der Waals surface area (Å²) < 4.78 is 0. The molecule has 0 unspecified atom stereocenters. The Balaban J connectivity index is 2.01. The van der Waals surface area contributed by atoms with Gasteiger partial charge in [-0.05, 0) is 44.2 Å². The number of aliphatic hydroxyl groups excluding tert-OH is 1. The third kappa shape index (κ3) is 5.48. The number of hydrogen-bond donors (Lipinski definition) is 2. The average molecular weight is 326 g/mol. The number of benzene rings is 2. The van der Waals surface area contributed by atoms with Gasteiger partial charge >= 0.3 is 0 Å². The van der Waals surface area contributed by atoms with Crippen molar-refractivity contribution in [1.29, 1.82) is 0 Å². The number of aliphatic hydroxyl groups is 1. The normalized spacial score (nSPS) is 11.5. The molecule has 0 spiro atoms. The zero-order valence-corrected chi connectivity index (χ0v) is 14.6. The van der Waals surface area contributed by atoms with Crippen molar-refractivity contribution in [3.05, 3.63) is 71.3 Å². The Labute approximate surface area is 144 Å². The minimum Gasteiger partial charge on any atom is -0.394 e. The van der Waals surface area contributed by atoms with Gasteiger partial charge in [-0.15, -0.1) is 0 Å². The Bertz CT molecular complexity index is 668. The smallest absolute Gasteiger partial charge is 0.251 e. The molecule has 0 fully saturated rings. The van der Waals surface area contributed by atoms with E-state index in [0.29, 0.717) is 5.56 Å². The largest absolute Gasteiger partial charge is 0.394 e. The lowest BCUT2D eigenvalue weighted by molar-refractivity contribution is 0.0869. The third-order valence-electron chi connectivity index (χ3n) is 3.78. The van der Waals surface area contributed by atoms with Crippen LogP contribution in [0.2, 0.25) is 0 Å². The maximum absolute atomic E-state index is 12.3. The van der Waals surface area contributed by atoms with Crippen LogP contribution in [0, 0.1) is 0 Å². The van der Waals surface area contributed by atoms with Crippen molar-refractivity contribution in [3.63, 3.8) is 0 Å². The molecule has 0 aliphatic heterocycles. The molecule has 128 valence electrons. The molecule has 2 N–H and O–H groups in total. The second-order valence-electron chi connectivity index (χ2n) is 6.85. The van der Waals surface area contributed by atoms with Crippen LogP contribution in [0.4, 0.5) is 0 Å². The highest BCUT2D eigenvalue weighted by atomic mass is 16.3. The maximum atomic E-state index is 12.3. The van der Waals surface area contributed by atoms with Gasteiger partial charge in [0.15, 0.2) is 0 Å². The van der Waals surface area contributed by atoms with Gasteiger partial charge in [-0.1, -0.05) is 42.5 Å². The fourth-order valence-corrected chi connectivity index (χ4v) is 2.49. The molecule has 1 amide bonds. The van der Waals surface area contributed by atoms with Gasteiger partial charge in [-0.25, -0.2) is 0 Å². The highest BCUT2D eigenvalue weighted by Crippen LogP contribution is 2.12. The van der Waals surface area contributed by atoms with Crippen LogP contribution in [-0.2, 0) is 13.1 Å². The predicted octanol–water partition coefficient (Wildman–Crippen LogP) is 2.82. The van der Waals surface area contributed by atoms with Crippen molar-refractivity contribution >= 4 is 5.91 Å². The number of carbonyl (C=O) groups is 1. The van der Waals surface area contributed by atoms with E-state index in [1.54, 1.807) is 19.9 Å². The summed E-state index contributed by atoms with van der Waals surface area (Å²) >= 11 is 0. The van der Waals surface area contributed by atoms with Gasteiger partial charge in [0.1, 0.15) is 0 Å². The van der Waals surface area contributed by atoms with Crippen LogP contribution in [0.15, 0.2) is 54.6 Å². The summed E-state index contributed by atoms with van der Waals surface area (Å²) in [5.74, 6) is -0.165. The fraction of sp³-hybridized carbons (Fsp3) is 0.350. The molecule has 0 atom stereocenters. The molecule has 24 heavy (non-hydrogen) atoms. The summed E-state index contributed by atoms with van der Waals surface area (Å²) in [5, 5.41) is 12.1. The van der Waals surface area contributed by atoms with E-state index in [2.05, 4.69) is 29.4 Å². The Morgan fingerprint density at radius 1 is 1.04 bits per heavy atom. The molecule has 2 aromatic rings. The number of hydrogen-bond acceptors (Lipinski definition) is 3. The molecule has 4 heteroatoms. The Hall–Kier alpha value is -2.17. The lowest BCUT2D eigenvalue weighted by atomic mass is 10.0. The van der Waals surface area contributed by atoms with E-state index in [9.17, 15) is 9.90 Å². The van der Waals surface area contributed by atoms with Crippen molar-refractivity contribution in [1.82, 2.24) is 10.2 Å². The molecule has 2 rings (SSSR count). The van der Waals surface area contributed by atoms with Crippen LogP contribution in [0.25, 0.3) is 0 Å². The summed E-state index contributed by atoms with van der Waals surface area (Å²) in [6.07, 6.45) is 0. The van der Waals surface area contributed by atoms with Crippen molar-refractivity contribution in [3.8, 4) is 0 Å². The third-order valence-corrected chi connectivity index (χ3v) is 3.78. The zero-order chi connectivity index (χ0) is 17.6. The predicted molar refractivity (Wildman–Crippen MR) is 96.7 cm³/mol. The van der Waals surface area contributed by atoms with Gasteiger partial charge in [0.2, 0.25) is 0 Å². The Kier molecular flexibility index (Phi) is 6.12. The van der Waals surface area contributed by atoms with E-state index in [1.807, 2.05) is 36.4 Å². The summed E-state index contributed by atoms with van der Waals surface area (Å²) in [4.78, 5) is 14.5. The monoisotopic (exact) mass is 326 g/mol. The van der Waals surface area contributed by atoms with Crippen LogP contribution in [0.3, 0.4) is 0 Å². The summed E-state index contributed by atoms with van der Waals surface area (Å²) in [6.45, 7) is 5.11. The zero-order valence-electron chi connectivity index (χ0n) is 14.6. The molecule has 0 saturated carbocycles. The number of rotatable bonds is 7. The van der Waals surface area contributed by atoms with Crippen LogP contribution in [0.5, 0.6) is 0 Å². The molecular weight excluding hydrogens is 300 g/mol. The second-order valence-corrected chi connectivity index (χ2v) is 6.85. The summed E-state index contributed by atoms with van der Waals surface area (Å²) in [6, 6.07) is 17.9. The molecule has 2 aromatic carbocycles. The molecular formula is C20H26N2O2. The van der Waals surface area contributed by atoms with Crippen LogP contribution >= 0.6 is 0 Å². The first kappa shape index (κ1) is 18.2. The van der Waals surface area contributed by atoms with Crippen molar-refractivity contribution in [2.45, 2.75) is 32.5 Å². The van der Waals surface area contributed by atoms with E-state index in [0.717, 1.165) is 18.7 Å². The quantitative estimate of drug-likeness (QED) is 0.823. The first-order valence-corrected chi connectivity index (χ1v) is 8.14. The highest BCUT2D eigenvalue weighted by Gasteiger charge is 2.20. The molecule has 4 nitrogen and oxygen atoms in total. The van der Waals surface area contributed by atoms with Crippen LogP contribution in [0.1, 0.15) is 35.3 Å². The minimum atomic E-state index is -0.628. The lowest BCUT2D eigenvalue weighted by Gasteiger charge is -2.23. The van der Waals surface area contributed by atoms with E-state index in [1.165, 1.54) is 5.56 Å². The molecule has 0 aliphatic carbocycles. The van der Waals surface area contributed by atoms with Gasteiger partial charge in [-0.2, -0.15) is 0 Å². The second kappa shape index (κ2) is 8.08. The standard InChI is InChI=1S/C20H26N2O2/c1-20(2,15-23)21-19(24)18-11-7-10-17(12-18)14-22(3)13-16-8-5-4-6-9-16/h4-12,23H,13-15H2,1-3H3,(H,21,24). The highest BCUT2D eigenvalue weighted by molar-refractivity contribution is 5.94. The van der Waals surface area contributed by atoms with E-state index >= 15 is 0 Å². The Morgan fingerprint density at radius 2 is 1.67 bits per heavy atom. The molecule has 0 aromatic heterocycles. The van der Waals surface area contributed by atoms with Crippen LogP contribution in [-0.4, -0.2) is 35.1 Å². The molecule has 0 bridgehead atoms. The number of amides is 1. The topological polar surface area (TPSA) is 52.6 Å². The van der Waals surface area contributed by atoms with Crippen LogP contribution < -0.4 is 5.32 Å². The number of carbonyl (C=O) groups excluding carboxylic acids is 1. The Morgan fingerprint density at radius 3 is 2.33 bits per heavy atom. The van der Waals surface area contributed by atoms with E-state index in [4.69, 9.17) is 0 Å². The minimum absolute atomic E-state index is 0.0990. The fourth-order valence-electron chi connectivity index (χ4n) is 2.49. The van der Waals surface area contributed by atoms with Crippen molar-refractivity contribution < 1.29 is 9.90 Å². The lowest BCUT2D eigenvalue weighted by Crippen LogP contribution is -2.46. The van der Waals surface area contributed by atoms with E-state index in [-0.39, 0.29) is 12.5 Å². The first-order chi connectivity index (χ1) is 11.4. The van der Waals surface area contributed by atoms with Crippen molar-refractivity contribution in [2.24, 2.45) is 0 Å². The van der Waals surface area contributed by atoms with Gasteiger partial charge < -0.3 is 10.4 Å². The number of nitrogens with one attached hydrogen (secondary N) is 1. The maximum Gasteiger partial charge on any atom is 0.251 e. The van der Waals surface area contributed by atoms with Gasteiger partial charge in [-0.3, -0.25) is 9.69 Å². The van der Waals surface area contributed by atoms with Gasteiger partial charge in [0.25, 0.3) is 5.91 Å². The van der Waals surface area contributed by atoms with Gasteiger partial charge in [0.05, 0.1) is 12.1 Å². The first-order valence-electron chi connectivity index (χ1n) is 8.14. The molecule has 0 radical (unpaired) electrons. The molecule has 0 aliphatic rings. The molecule has 0 saturated heterocycles. The SMILES string of the molecule is CN(Cc1ccccc1)Cc1cccc(C(=O)NC(C)(C)CO)c1. The summed E-state index contributed by atoms with van der Waals surface area (Å²) in [5.41, 5.74) is 2.33. The van der Waals surface area contributed by atoms with E-state index < -0.39 is 5.54 Å². The van der Waals surface area contributed by atoms with Crippen molar-refractivity contribution in [2.75, 3.05) is 13.7 Å². The summed E-state index contributed by atoms with van der Waals surface area (Å²) in [7, 11) is 2.06.